The number of anilines is 1. The third-order valence-corrected chi connectivity index (χ3v) is 2.30. The molecule has 1 amide bonds. The molecule has 0 radical (unpaired) electrons. The minimum Gasteiger partial charge on any atom is -0.325 e. The third-order valence-electron chi connectivity index (χ3n) is 2.30. The fourth-order valence-electron chi connectivity index (χ4n) is 1.54. The Morgan fingerprint density at radius 2 is 2.29 bits per heavy atom. The van der Waals surface area contributed by atoms with Crippen molar-refractivity contribution in [1.82, 2.24) is 9.78 Å². The van der Waals surface area contributed by atoms with E-state index in [9.17, 15) is 4.79 Å². The van der Waals surface area contributed by atoms with Gasteiger partial charge in [-0.3, -0.25) is 9.48 Å². The molecule has 2 rings (SSSR count). The molecule has 0 aliphatic carbocycles. The van der Waals surface area contributed by atoms with Gasteiger partial charge in [-0.2, -0.15) is 5.10 Å². The summed E-state index contributed by atoms with van der Waals surface area (Å²) in [6, 6.07) is 9.50. The zero-order chi connectivity index (χ0) is 12.1. The second kappa shape index (κ2) is 5.27. The molecule has 17 heavy (non-hydrogen) atoms. The lowest BCUT2D eigenvalue weighted by atomic mass is 10.2. The monoisotopic (exact) mass is 230 g/mol. The molecule has 1 aromatic heterocycles. The average molecular weight is 230 g/mol. The molecule has 0 aliphatic rings. The topological polar surface area (TPSA) is 72.9 Å². The van der Waals surface area contributed by atoms with E-state index in [4.69, 9.17) is 5.73 Å². The fourth-order valence-corrected chi connectivity index (χ4v) is 1.54. The second-order valence-corrected chi connectivity index (χ2v) is 3.66. The van der Waals surface area contributed by atoms with Gasteiger partial charge in [0.15, 0.2) is 0 Å². The summed E-state index contributed by atoms with van der Waals surface area (Å²) in [5, 5.41) is 6.85. The average Bonchev–Trinajstić information content (AvgIpc) is 2.82. The van der Waals surface area contributed by atoms with Crippen molar-refractivity contribution in [2.45, 2.75) is 6.54 Å². The van der Waals surface area contributed by atoms with E-state index in [0.717, 1.165) is 11.3 Å². The molecule has 0 saturated heterocycles. The van der Waals surface area contributed by atoms with Crippen LogP contribution in [0.3, 0.4) is 0 Å². The van der Waals surface area contributed by atoms with Gasteiger partial charge < -0.3 is 11.1 Å². The van der Waals surface area contributed by atoms with E-state index in [0.29, 0.717) is 6.54 Å². The Hall–Kier alpha value is -2.14. The Balaban J connectivity index is 2.08. The first kappa shape index (κ1) is 11.3. The summed E-state index contributed by atoms with van der Waals surface area (Å²) in [6.45, 7) is 0.669. The van der Waals surface area contributed by atoms with Crippen LogP contribution in [0.2, 0.25) is 0 Å². The molecule has 0 aliphatic heterocycles. The van der Waals surface area contributed by atoms with Gasteiger partial charge in [-0.05, 0) is 23.8 Å². The van der Waals surface area contributed by atoms with Crippen LogP contribution in [0.15, 0.2) is 42.7 Å². The van der Waals surface area contributed by atoms with Crippen molar-refractivity contribution in [3.05, 3.63) is 48.3 Å². The van der Waals surface area contributed by atoms with Crippen LogP contribution in [0, 0.1) is 0 Å². The highest BCUT2D eigenvalue weighted by molar-refractivity contribution is 5.92. The SMILES string of the molecule is NCC(=O)Nc1cccc(Cn2cccn2)c1. The van der Waals surface area contributed by atoms with Crippen LogP contribution in [-0.4, -0.2) is 22.2 Å². The van der Waals surface area contributed by atoms with E-state index < -0.39 is 0 Å². The van der Waals surface area contributed by atoms with Crippen LogP contribution < -0.4 is 11.1 Å². The Labute approximate surface area is 99.2 Å². The number of aromatic nitrogens is 2. The van der Waals surface area contributed by atoms with Gasteiger partial charge >= 0.3 is 0 Å². The summed E-state index contributed by atoms with van der Waals surface area (Å²) in [7, 11) is 0. The molecule has 3 N–H and O–H groups in total. The van der Waals surface area contributed by atoms with Crippen LogP contribution in [0.25, 0.3) is 0 Å². The van der Waals surface area contributed by atoms with Crippen molar-refractivity contribution < 1.29 is 4.79 Å². The maximum atomic E-state index is 11.2. The Bertz CT molecular complexity index is 493. The summed E-state index contributed by atoms with van der Waals surface area (Å²) >= 11 is 0. The number of carbonyl (C=O) groups is 1. The van der Waals surface area contributed by atoms with Crippen molar-refractivity contribution in [3.63, 3.8) is 0 Å². The van der Waals surface area contributed by atoms with Gasteiger partial charge in [0, 0.05) is 18.1 Å². The highest BCUT2D eigenvalue weighted by Gasteiger charge is 2.01. The summed E-state index contributed by atoms with van der Waals surface area (Å²) in [5.74, 6) is -0.193. The van der Waals surface area contributed by atoms with Crippen LogP contribution in [0.1, 0.15) is 5.56 Å². The van der Waals surface area contributed by atoms with Crippen molar-refractivity contribution >= 4 is 11.6 Å². The van der Waals surface area contributed by atoms with E-state index in [1.807, 2.05) is 41.2 Å². The van der Waals surface area contributed by atoms with Gasteiger partial charge in [0.2, 0.25) is 5.91 Å². The summed E-state index contributed by atoms with van der Waals surface area (Å²) < 4.78 is 1.82. The van der Waals surface area contributed by atoms with E-state index in [1.54, 1.807) is 6.20 Å². The molecular formula is C12H14N4O. The predicted octanol–water partition coefficient (Wildman–Crippen LogP) is 0.829. The zero-order valence-electron chi connectivity index (χ0n) is 9.34. The van der Waals surface area contributed by atoms with E-state index in [1.165, 1.54) is 0 Å². The van der Waals surface area contributed by atoms with Crippen molar-refractivity contribution in [1.29, 1.82) is 0 Å². The smallest absolute Gasteiger partial charge is 0.238 e. The molecule has 88 valence electrons. The van der Waals surface area contributed by atoms with E-state index in [-0.39, 0.29) is 12.5 Å². The number of carbonyl (C=O) groups excluding carboxylic acids is 1. The number of nitrogens with zero attached hydrogens (tertiary/aromatic N) is 2. The van der Waals surface area contributed by atoms with E-state index in [2.05, 4.69) is 10.4 Å². The highest BCUT2D eigenvalue weighted by Crippen LogP contribution is 2.11. The Morgan fingerprint density at radius 1 is 1.41 bits per heavy atom. The number of nitrogens with two attached hydrogens (primary N) is 1. The largest absolute Gasteiger partial charge is 0.325 e. The molecule has 0 fully saturated rings. The molecule has 0 spiro atoms. The van der Waals surface area contributed by atoms with Crippen molar-refractivity contribution in [3.8, 4) is 0 Å². The lowest BCUT2D eigenvalue weighted by Crippen LogP contribution is -2.21. The minimum absolute atomic E-state index is 0.0105. The molecule has 0 saturated carbocycles. The normalized spacial score (nSPS) is 10.2. The molecular weight excluding hydrogens is 216 g/mol. The molecule has 1 aromatic carbocycles. The minimum atomic E-state index is -0.193. The molecule has 0 atom stereocenters. The summed E-state index contributed by atoms with van der Waals surface area (Å²) in [5.41, 5.74) is 7.07. The third kappa shape index (κ3) is 3.15. The number of hydrogen-bond donors (Lipinski definition) is 2. The number of benzene rings is 1. The number of rotatable bonds is 4. The van der Waals surface area contributed by atoms with Gasteiger partial charge in [0.1, 0.15) is 0 Å². The lowest BCUT2D eigenvalue weighted by molar-refractivity contribution is -0.114. The second-order valence-electron chi connectivity index (χ2n) is 3.66. The van der Waals surface area contributed by atoms with Gasteiger partial charge in [-0.1, -0.05) is 12.1 Å². The van der Waals surface area contributed by atoms with Gasteiger partial charge in [0.05, 0.1) is 13.1 Å². The Morgan fingerprint density at radius 3 is 3.00 bits per heavy atom. The highest BCUT2D eigenvalue weighted by atomic mass is 16.1. The molecule has 0 unspecified atom stereocenters. The molecule has 1 heterocycles. The number of nitrogens with one attached hydrogen (secondary N) is 1. The van der Waals surface area contributed by atoms with Gasteiger partial charge in [0.25, 0.3) is 0 Å². The maximum absolute atomic E-state index is 11.2. The van der Waals surface area contributed by atoms with Crippen molar-refractivity contribution in [2.24, 2.45) is 5.73 Å². The Kier molecular flexibility index (Phi) is 3.52. The molecule has 2 aromatic rings. The van der Waals surface area contributed by atoms with Gasteiger partial charge in [-0.25, -0.2) is 0 Å². The van der Waals surface area contributed by atoms with Crippen LogP contribution in [0.4, 0.5) is 5.69 Å². The fraction of sp³-hybridized carbons (Fsp3) is 0.167. The number of hydrogen-bond acceptors (Lipinski definition) is 3. The maximum Gasteiger partial charge on any atom is 0.238 e. The molecule has 0 bridgehead atoms. The van der Waals surface area contributed by atoms with Crippen LogP contribution >= 0.6 is 0 Å². The van der Waals surface area contributed by atoms with Gasteiger partial charge in [-0.15, -0.1) is 0 Å². The first-order chi connectivity index (χ1) is 8.28. The summed E-state index contributed by atoms with van der Waals surface area (Å²) in [4.78, 5) is 11.2. The molecule has 5 nitrogen and oxygen atoms in total. The van der Waals surface area contributed by atoms with Crippen LogP contribution in [0.5, 0.6) is 0 Å². The van der Waals surface area contributed by atoms with E-state index >= 15 is 0 Å². The first-order valence-electron chi connectivity index (χ1n) is 5.34. The summed E-state index contributed by atoms with van der Waals surface area (Å²) in [6.07, 6.45) is 3.63. The van der Waals surface area contributed by atoms with Crippen molar-refractivity contribution in [2.75, 3.05) is 11.9 Å². The quantitative estimate of drug-likeness (QED) is 0.817. The number of amides is 1. The zero-order valence-corrected chi connectivity index (χ0v) is 9.34. The molecule has 5 heteroatoms. The standard InChI is InChI=1S/C12H14N4O/c13-8-12(17)15-11-4-1-3-10(7-11)9-16-6-2-5-14-16/h1-7H,8-9,13H2,(H,15,17). The predicted molar refractivity (Wildman–Crippen MR) is 65.5 cm³/mol. The van der Waals surface area contributed by atoms with Crippen LogP contribution in [-0.2, 0) is 11.3 Å². The lowest BCUT2D eigenvalue weighted by Gasteiger charge is -2.06. The first-order valence-corrected chi connectivity index (χ1v) is 5.34.